The zero-order valence-corrected chi connectivity index (χ0v) is 38.6. The maximum Gasteiger partial charge on any atom is 0.322 e. The van der Waals surface area contributed by atoms with E-state index in [0.29, 0.717) is 27.8 Å². The molecule has 0 heterocycles. The van der Waals surface area contributed by atoms with Crippen LogP contribution < -0.4 is 0 Å². The average Bonchev–Trinajstić information content (AvgIpc) is 3.22. The average molecular weight is 871 g/mol. The van der Waals surface area contributed by atoms with E-state index in [1.54, 1.807) is 13.8 Å². The lowest BCUT2D eigenvalue weighted by Gasteiger charge is -2.42. The topological polar surface area (TPSA) is 78.9 Å². The van der Waals surface area contributed by atoms with Crippen molar-refractivity contribution in [2.24, 2.45) is 10.8 Å². The van der Waals surface area contributed by atoms with E-state index in [4.69, 9.17) is 38.6 Å². The van der Waals surface area contributed by atoms with Crippen molar-refractivity contribution in [1.29, 1.82) is 0 Å². The highest BCUT2D eigenvalue weighted by atomic mass is 32.2. The van der Waals surface area contributed by atoms with Crippen LogP contribution in [0.1, 0.15) is 108 Å². The molecule has 0 amide bonds. The van der Waals surface area contributed by atoms with Crippen LogP contribution in [0.3, 0.4) is 0 Å². The molecule has 3 unspecified atom stereocenters. The van der Waals surface area contributed by atoms with Crippen LogP contribution in [0.25, 0.3) is 0 Å². The van der Waals surface area contributed by atoms with Crippen molar-refractivity contribution in [1.82, 2.24) is 0 Å². The quantitative estimate of drug-likeness (QED) is 0.0349. The maximum absolute atomic E-state index is 14.7. The van der Waals surface area contributed by atoms with Gasteiger partial charge in [0, 0.05) is 5.25 Å². The number of ether oxygens (including phenoxy) is 3. The number of unbranched alkanes of at least 4 members (excludes halogenated alkanes) is 1. The third-order valence-corrected chi connectivity index (χ3v) is 13.6. The minimum Gasteiger partial charge on any atom is -0.465 e. The molecule has 0 aliphatic carbocycles. The fraction of sp³-hybridized carbons (Fsp3) is 0.408. The van der Waals surface area contributed by atoms with Gasteiger partial charge in [0.05, 0.1) is 25.8 Å². The Bertz CT molecular complexity index is 1990. The van der Waals surface area contributed by atoms with Gasteiger partial charge in [-0.2, -0.15) is 0 Å². The number of benzene rings is 4. The van der Waals surface area contributed by atoms with Gasteiger partial charge in [0.1, 0.15) is 18.0 Å². The lowest BCUT2D eigenvalue weighted by molar-refractivity contribution is -0.168. The molecule has 0 radical (unpaired) electrons. The first-order valence-corrected chi connectivity index (χ1v) is 22.7. The zero-order valence-electron chi connectivity index (χ0n) is 35.4. The van der Waals surface area contributed by atoms with E-state index in [0.717, 1.165) is 35.1 Å². The Balaban J connectivity index is 1.65. The number of esters is 3. The standard InChI is InChI=1S/C49H58O6S4/c1-8-9-30-53-45(52)49(7,34-46(2,3)39-28-20-13-21-29-39)35-48(6,33-40(36-22-14-10-15-23-36)58-41(56)37-24-16-11-17-25-37)44(51)55-32-31-54-43(50)47(4,5)59-42(57)38-26-18-12-19-27-38/h10-29,40H,8-9,30-35H2,1-7H3. The van der Waals surface area contributed by atoms with E-state index in [-0.39, 0.29) is 30.9 Å². The monoisotopic (exact) mass is 870 g/mol. The number of thioether (sulfide) groups is 2. The summed E-state index contributed by atoms with van der Waals surface area (Å²) in [5.74, 6) is -1.32. The minimum atomic E-state index is -1.22. The van der Waals surface area contributed by atoms with Crippen molar-refractivity contribution in [2.75, 3.05) is 19.8 Å². The van der Waals surface area contributed by atoms with E-state index in [9.17, 15) is 14.4 Å². The molecule has 4 aromatic carbocycles. The molecule has 0 saturated carbocycles. The molecule has 4 rings (SSSR count). The predicted molar refractivity (Wildman–Crippen MR) is 252 cm³/mol. The van der Waals surface area contributed by atoms with Crippen molar-refractivity contribution in [2.45, 2.75) is 96.0 Å². The van der Waals surface area contributed by atoms with Gasteiger partial charge in [-0.1, -0.05) is 185 Å². The Hall–Kier alpha value is -3.83. The Morgan fingerprint density at radius 3 is 1.58 bits per heavy atom. The fourth-order valence-electron chi connectivity index (χ4n) is 7.35. The van der Waals surface area contributed by atoms with Crippen molar-refractivity contribution < 1.29 is 28.6 Å². The van der Waals surface area contributed by atoms with Crippen LogP contribution in [0.2, 0.25) is 0 Å². The lowest BCUT2D eigenvalue weighted by Crippen LogP contribution is -2.44. The summed E-state index contributed by atoms with van der Waals surface area (Å²) in [4.78, 5) is 42.5. The molecule has 0 bridgehead atoms. The Morgan fingerprint density at radius 1 is 0.576 bits per heavy atom. The molecule has 4 aromatic rings. The number of hydrogen-bond acceptors (Lipinski definition) is 10. The van der Waals surface area contributed by atoms with Gasteiger partial charge in [-0.3, -0.25) is 14.4 Å². The van der Waals surface area contributed by atoms with Crippen molar-refractivity contribution in [3.8, 4) is 0 Å². The van der Waals surface area contributed by atoms with E-state index >= 15 is 0 Å². The zero-order chi connectivity index (χ0) is 43.1. The first-order chi connectivity index (χ1) is 28.0. The summed E-state index contributed by atoms with van der Waals surface area (Å²) >= 11 is 14.4. The van der Waals surface area contributed by atoms with Crippen molar-refractivity contribution in [3.05, 3.63) is 144 Å². The van der Waals surface area contributed by atoms with E-state index in [1.807, 2.05) is 123 Å². The number of hydrogen-bond donors (Lipinski definition) is 0. The smallest absolute Gasteiger partial charge is 0.322 e. The number of carbonyl (C=O) groups is 3. The molecule has 6 nitrogen and oxygen atoms in total. The number of thiocarbonyl (C=S) groups is 2. The highest BCUT2D eigenvalue weighted by molar-refractivity contribution is 8.25. The molecular formula is C49H58O6S4. The highest BCUT2D eigenvalue weighted by Gasteiger charge is 2.50. The van der Waals surface area contributed by atoms with Crippen LogP contribution in [-0.4, -0.2) is 50.9 Å². The first kappa shape index (κ1) is 47.8. The Labute approximate surface area is 371 Å². The van der Waals surface area contributed by atoms with Gasteiger partial charge < -0.3 is 14.2 Å². The molecule has 0 aliphatic heterocycles. The number of carbonyl (C=O) groups excluding carboxylic acids is 3. The van der Waals surface area contributed by atoms with Gasteiger partial charge in [0.2, 0.25) is 0 Å². The summed E-state index contributed by atoms with van der Waals surface area (Å²) in [5, 5.41) is -0.270. The van der Waals surface area contributed by atoms with Crippen molar-refractivity contribution in [3.63, 3.8) is 0 Å². The minimum absolute atomic E-state index is 0.141. The summed E-state index contributed by atoms with van der Waals surface area (Å²) in [6.45, 7) is 13.6. The van der Waals surface area contributed by atoms with Crippen LogP contribution in [-0.2, 0) is 34.0 Å². The maximum atomic E-state index is 14.7. The van der Waals surface area contributed by atoms with E-state index in [1.165, 1.54) is 23.5 Å². The first-order valence-electron chi connectivity index (χ1n) is 20.2. The third kappa shape index (κ3) is 14.1. The summed E-state index contributed by atoms with van der Waals surface area (Å²) in [6.07, 6.45) is 2.47. The largest absolute Gasteiger partial charge is 0.465 e. The summed E-state index contributed by atoms with van der Waals surface area (Å²) in [5.41, 5.74) is 1.08. The summed E-state index contributed by atoms with van der Waals surface area (Å²) in [7, 11) is 0. The highest BCUT2D eigenvalue weighted by Crippen LogP contribution is 2.50. The van der Waals surface area contributed by atoms with Gasteiger partial charge in [0.25, 0.3) is 0 Å². The molecule has 0 N–H and O–H groups in total. The second-order valence-electron chi connectivity index (χ2n) is 16.6. The molecule has 314 valence electrons. The lowest BCUT2D eigenvalue weighted by atomic mass is 9.63. The van der Waals surface area contributed by atoms with Crippen LogP contribution in [0.4, 0.5) is 0 Å². The van der Waals surface area contributed by atoms with Gasteiger partial charge in [0.15, 0.2) is 0 Å². The van der Waals surface area contributed by atoms with Gasteiger partial charge in [-0.25, -0.2) is 0 Å². The molecule has 10 heteroatoms. The second-order valence-corrected chi connectivity index (χ2v) is 20.8. The van der Waals surface area contributed by atoms with Crippen LogP contribution in [0, 0.1) is 10.8 Å². The van der Waals surface area contributed by atoms with E-state index in [2.05, 4.69) is 32.9 Å². The Kier molecular flexibility index (Phi) is 18.0. The number of rotatable bonds is 21. The second kappa shape index (κ2) is 22.1. The predicted octanol–water partition coefficient (Wildman–Crippen LogP) is 12.3. The molecule has 0 saturated heterocycles. The fourth-order valence-corrected chi connectivity index (χ4v) is 10.7. The van der Waals surface area contributed by atoms with Crippen LogP contribution in [0.5, 0.6) is 0 Å². The van der Waals surface area contributed by atoms with Gasteiger partial charge >= 0.3 is 17.9 Å². The molecule has 59 heavy (non-hydrogen) atoms. The summed E-state index contributed by atoms with van der Waals surface area (Å²) in [6, 6.07) is 39.4. The van der Waals surface area contributed by atoms with Crippen LogP contribution in [0.15, 0.2) is 121 Å². The van der Waals surface area contributed by atoms with E-state index < -0.39 is 32.9 Å². The van der Waals surface area contributed by atoms with Crippen molar-refractivity contribution >= 4 is 74.3 Å². The normalized spacial score (nSPS) is 14.2. The van der Waals surface area contributed by atoms with Gasteiger partial charge in [-0.05, 0) is 81.0 Å². The summed E-state index contributed by atoms with van der Waals surface area (Å²) < 4.78 is 18.0. The molecule has 0 spiro atoms. The molecular weight excluding hydrogens is 813 g/mol. The van der Waals surface area contributed by atoms with Gasteiger partial charge in [-0.15, -0.1) is 11.8 Å². The molecule has 0 aliphatic rings. The third-order valence-electron chi connectivity index (χ3n) is 10.3. The molecule has 0 aromatic heterocycles. The van der Waals surface area contributed by atoms with Crippen LogP contribution >= 0.6 is 48.0 Å². The Morgan fingerprint density at radius 2 is 1.03 bits per heavy atom. The molecule has 3 atom stereocenters. The molecule has 0 fully saturated rings. The SMILES string of the molecule is CCCCOC(=O)C(C)(CC(C)(CC(SC(=S)c1ccccc1)c1ccccc1)C(=O)OCCOC(=O)C(C)(C)SC(=S)c1ccccc1)CC(C)(C)c1ccccc1.